The van der Waals surface area contributed by atoms with E-state index in [0.29, 0.717) is 6.04 Å². The Morgan fingerprint density at radius 1 is 1.43 bits per heavy atom. The van der Waals surface area contributed by atoms with Gasteiger partial charge in [-0.3, -0.25) is 4.90 Å². The third-order valence-electron chi connectivity index (χ3n) is 4.24. The van der Waals surface area contributed by atoms with Gasteiger partial charge in [0.05, 0.1) is 7.11 Å². The van der Waals surface area contributed by atoms with Crippen LogP contribution in [0.1, 0.15) is 32.3 Å². The number of nitrogens with one attached hydrogen (secondary N) is 1. The summed E-state index contributed by atoms with van der Waals surface area (Å²) >= 11 is 6.14. The van der Waals surface area contributed by atoms with E-state index in [1.54, 1.807) is 7.11 Å². The van der Waals surface area contributed by atoms with Crippen LogP contribution < -0.4 is 10.1 Å². The molecule has 1 aromatic carbocycles. The van der Waals surface area contributed by atoms with E-state index in [-0.39, 0.29) is 0 Å². The van der Waals surface area contributed by atoms with Crippen LogP contribution in [0.3, 0.4) is 0 Å². The van der Waals surface area contributed by atoms with Crippen LogP contribution in [-0.4, -0.2) is 37.7 Å². The molecule has 1 fully saturated rings. The number of ether oxygens (including phenoxy) is 1. The first kappa shape index (κ1) is 16.6. The van der Waals surface area contributed by atoms with Crippen molar-refractivity contribution >= 4 is 11.6 Å². The lowest BCUT2D eigenvalue weighted by Gasteiger charge is -2.33. The summed E-state index contributed by atoms with van der Waals surface area (Å²) in [5, 5.41) is 4.27. The summed E-state index contributed by atoms with van der Waals surface area (Å²) < 4.78 is 5.47. The zero-order chi connectivity index (χ0) is 15.2. The Morgan fingerprint density at radius 2 is 2.24 bits per heavy atom. The Bertz CT molecular complexity index is 444. The van der Waals surface area contributed by atoms with Crippen LogP contribution in [0.2, 0.25) is 5.02 Å². The van der Waals surface area contributed by atoms with Gasteiger partial charge in [0.15, 0.2) is 0 Å². The van der Waals surface area contributed by atoms with Crippen LogP contribution in [0.15, 0.2) is 18.2 Å². The fraction of sp³-hybridized carbons (Fsp3) is 0.647. The molecule has 1 atom stereocenters. The topological polar surface area (TPSA) is 24.5 Å². The van der Waals surface area contributed by atoms with E-state index >= 15 is 0 Å². The van der Waals surface area contributed by atoms with E-state index in [4.69, 9.17) is 16.3 Å². The third kappa shape index (κ3) is 4.87. The van der Waals surface area contributed by atoms with Crippen molar-refractivity contribution in [3.63, 3.8) is 0 Å². The standard InChI is InChI=1S/C17H27ClN2O/c1-13(2)20(11-14-5-4-8-19-10-14)12-15-9-16(18)6-7-17(15)21-3/h6-7,9,13-14,19H,4-5,8,10-12H2,1-3H3. The van der Waals surface area contributed by atoms with Crippen molar-refractivity contribution in [2.75, 3.05) is 26.7 Å². The van der Waals surface area contributed by atoms with Crippen LogP contribution >= 0.6 is 11.6 Å². The molecule has 0 saturated carbocycles. The zero-order valence-electron chi connectivity index (χ0n) is 13.4. The maximum atomic E-state index is 6.14. The van der Waals surface area contributed by atoms with Crippen molar-refractivity contribution < 1.29 is 4.74 Å². The van der Waals surface area contributed by atoms with Crippen LogP contribution in [0.25, 0.3) is 0 Å². The van der Waals surface area contributed by atoms with Crippen LogP contribution in [0, 0.1) is 5.92 Å². The van der Waals surface area contributed by atoms with Gasteiger partial charge in [-0.1, -0.05) is 11.6 Å². The van der Waals surface area contributed by atoms with Crippen LogP contribution in [0.5, 0.6) is 5.75 Å². The highest BCUT2D eigenvalue weighted by Gasteiger charge is 2.20. The number of piperidine rings is 1. The minimum atomic E-state index is 0.510. The molecule has 1 aromatic rings. The van der Waals surface area contributed by atoms with Crippen molar-refractivity contribution in [2.45, 2.75) is 39.3 Å². The van der Waals surface area contributed by atoms with Gasteiger partial charge < -0.3 is 10.1 Å². The molecule has 0 spiro atoms. The van der Waals surface area contributed by atoms with Crippen molar-refractivity contribution in [1.29, 1.82) is 0 Å². The van der Waals surface area contributed by atoms with Gasteiger partial charge in [0.1, 0.15) is 5.75 Å². The van der Waals surface area contributed by atoms with Gasteiger partial charge >= 0.3 is 0 Å². The van der Waals surface area contributed by atoms with E-state index in [2.05, 4.69) is 24.1 Å². The first-order chi connectivity index (χ1) is 10.1. The Balaban J connectivity index is 2.06. The highest BCUT2D eigenvalue weighted by Crippen LogP contribution is 2.25. The molecule has 0 amide bonds. The average Bonchev–Trinajstić information content (AvgIpc) is 2.48. The number of hydrogen-bond acceptors (Lipinski definition) is 3. The SMILES string of the molecule is COc1ccc(Cl)cc1CN(CC1CCCNC1)C(C)C. The molecule has 1 aliphatic rings. The molecule has 3 nitrogen and oxygen atoms in total. The molecule has 1 heterocycles. The number of benzene rings is 1. The van der Waals surface area contributed by atoms with Crippen molar-refractivity contribution in [2.24, 2.45) is 5.92 Å². The molecule has 21 heavy (non-hydrogen) atoms. The Morgan fingerprint density at radius 3 is 2.86 bits per heavy atom. The molecular weight excluding hydrogens is 284 g/mol. The van der Waals surface area contributed by atoms with E-state index in [9.17, 15) is 0 Å². The Labute approximate surface area is 133 Å². The zero-order valence-corrected chi connectivity index (χ0v) is 14.1. The molecule has 0 aromatic heterocycles. The van der Waals surface area contributed by atoms with Crippen molar-refractivity contribution in [1.82, 2.24) is 10.2 Å². The summed E-state index contributed by atoms with van der Waals surface area (Å²) in [6, 6.07) is 6.37. The maximum absolute atomic E-state index is 6.14. The average molecular weight is 311 g/mol. The van der Waals surface area contributed by atoms with Gasteiger partial charge in [0, 0.05) is 29.7 Å². The number of nitrogens with zero attached hydrogens (tertiary/aromatic N) is 1. The van der Waals surface area contributed by atoms with E-state index in [1.165, 1.54) is 24.9 Å². The second-order valence-corrected chi connectivity index (χ2v) is 6.63. The van der Waals surface area contributed by atoms with Gasteiger partial charge in [-0.15, -0.1) is 0 Å². The predicted octanol–water partition coefficient (Wildman–Crippen LogP) is 3.56. The summed E-state index contributed by atoms with van der Waals surface area (Å²) in [7, 11) is 1.72. The Hall–Kier alpha value is -0.770. The molecule has 0 radical (unpaired) electrons. The lowest BCUT2D eigenvalue weighted by molar-refractivity contribution is 0.162. The first-order valence-electron chi connectivity index (χ1n) is 7.87. The lowest BCUT2D eigenvalue weighted by atomic mass is 9.98. The summed E-state index contributed by atoms with van der Waals surface area (Å²) in [6.45, 7) is 8.83. The van der Waals surface area contributed by atoms with E-state index in [0.717, 1.165) is 36.3 Å². The molecule has 1 unspecified atom stereocenters. The van der Waals surface area contributed by atoms with Crippen LogP contribution in [0.4, 0.5) is 0 Å². The molecule has 1 aliphatic heterocycles. The lowest BCUT2D eigenvalue weighted by Crippen LogP contribution is -2.40. The van der Waals surface area contributed by atoms with Gasteiger partial charge in [-0.2, -0.15) is 0 Å². The summed E-state index contributed by atoms with van der Waals surface area (Å²) in [4.78, 5) is 2.52. The number of rotatable bonds is 6. The molecular formula is C17H27ClN2O. The van der Waals surface area contributed by atoms with E-state index in [1.807, 2.05) is 18.2 Å². The quantitative estimate of drug-likeness (QED) is 0.869. The Kier molecular flexibility index (Phi) is 6.34. The molecule has 0 bridgehead atoms. The molecule has 118 valence electrons. The monoisotopic (exact) mass is 310 g/mol. The fourth-order valence-electron chi connectivity index (χ4n) is 2.96. The smallest absolute Gasteiger partial charge is 0.123 e. The fourth-order valence-corrected chi connectivity index (χ4v) is 3.15. The first-order valence-corrected chi connectivity index (χ1v) is 8.25. The van der Waals surface area contributed by atoms with Gasteiger partial charge in [-0.25, -0.2) is 0 Å². The third-order valence-corrected chi connectivity index (χ3v) is 4.47. The summed E-state index contributed by atoms with van der Waals surface area (Å²) in [5.41, 5.74) is 1.17. The molecule has 0 aliphatic carbocycles. The molecule has 1 N–H and O–H groups in total. The van der Waals surface area contributed by atoms with Crippen molar-refractivity contribution in [3.8, 4) is 5.75 Å². The summed E-state index contributed by atoms with van der Waals surface area (Å²) in [5.74, 6) is 1.66. The number of methoxy groups -OCH3 is 1. The largest absolute Gasteiger partial charge is 0.496 e. The minimum absolute atomic E-state index is 0.510. The highest BCUT2D eigenvalue weighted by molar-refractivity contribution is 6.30. The van der Waals surface area contributed by atoms with Crippen molar-refractivity contribution in [3.05, 3.63) is 28.8 Å². The number of halogens is 1. The number of hydrogen-bond donors (Lipinski definition) is 1. The van der Waals surface area contributed by atoms with E-state index < -0.39 is 0 Å². The maximum Gasteiger partial charge on any atom is 0.123 e. The highest BCUT2D eigenvalue weighted by atomic mass is 35.5. The van der Waals surface area contributed by atoms with Gasteiger partial charge in [0.25, 0.3) is 0 Å². The van der Waals surface area contributed by atoms with Crippen LogP contribution in [-0.2, 0) is 6.54 Å². The molecule has 2 rings (SSSR count). The second-order valence-electron chi connectivity index (χ2n) is 6.19. The minimum Gasteiger partial charge on any atom is -0.496 e. The second kappa shape index (κ2) is 8.02. The molecule has 1 saturated heterocycles. The normalized spacial score (nSPS) is 19.2. The van der Waals surface area contributed by atoms with Gasteiger partial charge in [0.2, 0.25) is 0 Å². The summed E-state index contributed by atoms with van der Waals surface area (Å²) in [6.07, 6.45) is 2.61. The predicted molar refractivity (Wildman–Crippen MR) is 89.1 cm³/mol. The van der Waals surface area contributed by atoms with Gasteiger partial charge in [-0.05, 0) is 63.9 Å². The molecule has 4 heteroatoms.